The van der Waals surface area contributed by atoms with Gasteiger partial charge in [0.05, 0.1) is 6.61 Å². The molecule has 5 heteroatoms. The Balaban J connectivity index is 2.18. The fourth-order valence-electron chi connectivity index (χ4n) is 1.72. The van der Waals surface area contributed by atoms with Crippen LogP contribution >= 0.6 is 0 Å². The minimum atomic E-state index is -0.288. The number of carbonyl (C=O) groups excluding carboxylic acids is 2. The highest BCUT2D eigenvalue weighted by Gasteiger charge is 2.23. The van der Waals surface area contributed by atoms with Gasteiger partial charge in [0.25, 0.3) is 0 Å². The maximum atomic E-state index is 11.6. The highest BCUT2D eigenvalue weighted by molar-refractivity contribution is 5.77. The first-order chi connectivity index (χ1) is 8.67. The minimum absolute atomic E-state index is 0.0594. The number of carbonyl (C=O) groups is 2. The lowest BCUT2D eigenvalue weighted by atomic mass is 10.1. The summed E-state index contributed by atoms with van der Waals surface area (Å²) in [6.45, 7) is 4.72. The van der Waals surface area contributed by atoms with Gasteiger partial charge in [-0.05, 0) is 26.2 Å². The fourth-order valence-corrected chi connectivity index (χ4v) is 1.72. The third-order valence-corrected chi connectivity index (χ3v) is 2.83. The first kappa shape index (κ1) is 15.0. The zero-order valence-corrected chi connectivity index (χ0v) is 11.3. The Morgan fingerprint density at radius 1 is 1.33 bits per heavy atom. The SMILES string of the molecule is CCCC(NCCC(=O)NC1CC1)C(=O)OCC. The van der Waals surface area contributed by atoms with Crippen molar-refractivity contribution >= 4 is 11.9 Å². The van der Waals surface area contributed by atoms with Crippen LogP contribution in [-0.2, 0) is 14.3 Å². The van der Waals surface area contributed by atoms with Gasteiger partial charge in [0.1, 0.15) is 6.04 Å². The highest BCUT2D eigenvalue weighted by Crippen LogP contribution is 2.18. The maximum Gasteiger partial charge on any atom is 0.323 e. The molecule has 1 atom stereocenters. The largest absolute Gasteiger partial charge is 0.465 e. The minimum Gasteiger partial charge on any atom is -0.465 e. The fraction of sp³-hybridized carbons (Fsp3) is 0.846. The summed E-state index contributed by atoms with van der Waals surface area (Å²) >= 11 is 0. The lowest BCUT2D eigenvalue weighted by Crippen LogP contribution is -2.40. The van der Waals surface area contributed by atoms with E-state index in [2.05, 4.69) is 10.6 Å². The monoisotopic (exact) mass is 256 g/mol. The molecule has 0 saturated heterocycles. The molecule has 1 rings (SSSR count). The zero-order chi connectivity index (χ0) is 13.4. The zero-order valence-electron chi connectivity index (χ0n) is 11.3. The van der Waals surface area contributed by atoms with E-state index in [0.29, 0.717) is 25.6 Å². The van der Waals surface area contributed by atoms with Gasteiger partial charge in [-0.3, -0.25) is 9.59 Å². The Morgan fingerprint density at radius 3 is 2.61 bits per heavy atom. The number of hydrogen-bond acceptors (Lipinski definition) is 4. The number of nitrogens with one attached hydrogen (secondary N) is 2. The molecule has 5 nitrogen and oxygen atoms in total. The van der Waals surface area contributed by atoms with Gasteiger partial charge >= 0.3 is 5.97 Å². The van der Waals surface area contributed by atoms with Crippen LogP contribution in [0.5, 0.6) is 0 Å². The van der Waals surface area contributed by atoms with Crippen LogP contribution in [0.4, 0.5) is 0 Å². The van der Waals surface area contributed by atoms with Crippen molar-refractivity contribution in [3.8, 4) is 0 Å². The van der Waals surface area contributed by atoms with Crippen molar-refractivity contribution in [2.45, 2.75) is 58.0 Å². The Labute approximate surface area is 109 Å². The Bertz CT molecular complexity index is 277. The van der Waals surface area contributed by atoms with Crippen LogP contribution in [-0.4, -0.2) is 37.1 Å². The van der Waals surface area contributed by atoms with E-state index >= 15 is 0 Å². The van der Waals surface area contributed by atoms with Crippen LogP contribution in [0.2, 0.25) is 0 Å². The van der Waals surface area contributed by atoms with Crippen LogP contribution in [0.25, 0.3) is 0 Å². The molecule has 104 valence electrons. The van der Waals surface area contributed by atoms with Gasteiger partial charge in [0, 0.05) is 19.0 Å². The van der Waals surface area contributed by atoms with Crippen LogP contribution in [0.1, 0.15) is 46.0 Å². The average Bonchev–Trinajstić information content (AvgIpc) is 3.12. The van der Waals surface area contributed by atoms with E-state index in [1.807, 2.05) is 6.92 Å². The summed E-state index contributed by atoms with van der Waals surface area (Å²) in [6, 6.07) is 0.109. The Morgan fingerprint density at radius 2 is 2.06 bits per heavy atom. The average molecular weight is 256 g/mol. The van der Waals surface area contributed by atoms with Crippen LogP contribution < -0.4 is 10.6 Å². The van der Waals surface area contributed by atoms with Gasteiger partial charge in [-0.25, -0.2) is 0 Å². The normalized spacial score (nSPS) is 16.1. The van der Waals surface area contributed by atoms with Crippen molar-refractivity contribution in [3.63, 3.8) is 0 Å². The van der Waals surface area contributed by atoms with E-state index in [-0.39, 0.29) is 17.9 Å². The van der Waals surface area contributed by atoms with E-state index in [0.717, 1.165) is 25.7 Å². The standard InChI is InChI=1S/C13H24N2O3/c1-3-5-11(13(17)18-4-2)14-9-8-12(16)15-10-6-7-10/h10-11,14H,3-9H2,1-2H3,(H,15,16). The van der Waals surface area contributed by atoms with Crippen molar-refractivity contribution in [2.24, 2.45) is 0 Å². The summed E-state index contributed by atoms with van der Waals surface area (Å²) in [4.78, 5) is 23.1. The molecule has 18 heavy (non-hydrogen) atoms. The van der Waals surface area contributed by atoms with E-state index < -0.39 is 0 Å². The van der Waals surface area contributed by atoms with Gasteiger partial charge in [-0.1, -0.05) is 13.3 Å². The Kier molecular flexibility index (Phi) is 6.72. The summed E-state index contributed by atoms with van der Waals surface area (Å²) in [6.07, 6.45) is 4.25. The molecule has 1 fully saturated rings. The van der Waals surface area contributed by atoms with Crippen molar-refractivity contribution in [1.29, 1.82) is 0 Å². The predicted molar refractivity (Wildman–Crippen MR) is 69.1 cm³/mol. The van der Waals surface area contributed by atoms with Gasteiger partial charge in [0.15, 0.2) is 0 Å². The predicted octanol–water partition coefficient (Wildman–Crippen LogP) is 0.976. The molecule has 1 aliphatic carbocycles. The molecule has 1 saturated carbocycles. The lowest BCUT2D eigenvalue weighted by Gasteiger charge is -2.16. The van der Waals surface area contributed by atoms with Gasteiger partial charge in [0.2, 0.25) is 5.91 Å². The molecule has 0 spiro atoms. The number of esters is 1. The number of rotatable bonds is 9. The smallest absolute Gasteiger partial charge is 0.323 e. The number of amides is 1. The molecule has 0 heterocycles. The second-order valence-electron chi connectivity index (χ2n) is 4.64. The van der Waals surface area contributed by atoms with E-state index in [1.54, 1.807) is 6.92 Å². The molecule has 1 unspecified atom stereocenters. The summed E-state index contributed by atoms with van der Waals surface area (Å²) in [5.41, 5.74) is 0. The first-order valence-electron chi connectivity index (χ1n) is 6.86. The first-order valence-corrected chi connectivity index (χ1v) is 6.86. The summed E-state index contributed by atoms with van der Waals surface area (Å²) in [7, 11) is 0. The molecule has 1 amide bonds. The molecular weight excluding hydrogens is 232 g/mol. The third-order valence-electron chi connectivity index (χ3n) is 2.83. The van der Waals surface area contributed by atoms with Crippen molar-refractivity contribution < 1.29 is 14.3 Å². The molecule has 0 bridgehead atoms. The molecule has 0 aromatic carbocycles. The topological polar surface area (TPSA) is 67.4 Å². The van der Waals surface area contributed by atoms with Gasteiger partial charge < -0.3 is 15.4 Å². The Hall–Kier alpha value is -1.10. The van der Waals surface area contributed by atoms with Crippen LogP contribution in [0, 0.1) is 0 Å². The van der Waals surface area contributed by atoms with Gasteiger partial charge in [-0.15, -0.1) is 0 Å². The molecule has 0 aromatic rings. The van der Waals surface area contributed by atoms with Crippen molar-refractivity contribution in [1.82, 2.24) is 10.6 Å². The van der Waals surface area contributed by atoms with E-state index in [1.165, 1.54) is 0 Å². The molecule has 0 aromatic heterocycles. The maximum absolute atomic E-state index is 11.6. The second-order valence-corrected chi connectivity index (χ2v) is 4.64. The van der Waals surface area contributed by atoms with Gasteiger partial charge in [-0.2, -0.15) is 0 Å². The molecular formula is C13H24N2O3. The van der Waals surface area contributed by atoms with Crippen LogP contribution in [0.3, 0.4) is 0 Å². The molecule has 2 N–H and O–H groups in total. The van der Waals surface area contributed by atoms with Crippen LogP contribution in [0.15, 0.2) is 0 Å². The van der Waals surface area contributed by atoms with Crippen molar-refractivity contribution in [2.75, 3.05) is 13.2 Å². The molecule has 0 aliphatic heterocycles. The summed E-state index contributed by atoms with van der Waals surface area (Å²) in [5.74, 6) is -0.161. The van der Waals surface area contributed by atoms with Crippen molar-refractivity contribution in [3.05, 3.63) is 0 Å². The molecule has 0 radical (unpaired) electrons. The molecule has 1 aliphatic rings. The third kappa shape index (κ3) is 6.00. The lowest BCUT2D eigenvalue weighted by molar-refractivity contribution is -0.146. The van der Waals surface area contributed by atoms with E-state index in [9.17, 15) is 9.59 Å². The summed E-state index contributed by atoms with van der Waals surface area (Å²) < 4.78 is 4.99. The van der Waals surface area contributed by atoms with E-state index in [4.69, 9.17) is 4.74 Å². The quantitative estimate of drug-likeness (QED) is 0.603. The number of hydrogen-bond donors (Lipinski definition) is 2. The number of ether oxygens (including phenoxy) is 1. The highest BCUT2D eigenvalue weighted by atomic mass is 16.5. The summed E-state index contributed by atoms with van der Waals surface area (Å²) in [5, 5.41) is 6.01. The second kappa shape index (κ2) is 8.08.